The molecule has 1 rings (SSSR count). The number of amides is 1. The molecule has 21 heavy (non-hydrogen) atoms. The van der Waals surface area contributed by atoms with Crippen molar-refractivity contribution >= 4 is 11.9 Å². The Bertz CT molecular complexity index is 516. The van der Waals surface area contributed by atoms with E-state index in [1.165, 1.54) is 31.2 Å². The first-order valence-electron chi connectivity index (χ1n) is 6.06. The van der Waals surface area contributed by atoms with E-state index in [1.807, 2.05) is 0 Å². The molecule has 0 unspecified atom stereocenters. The fourth-order valence-electron chi connectivity index (χ4n) is 1.60. The van der Waals surface area contributed by atoms with Crippen LogP contribution in [0.1, 0.15) is 12.5 Å². The van der Waals surface area contributed by atoms with Crippen LogP contribution in [-0.2, 0) is 20.7 Å². The van der Waals surface area contributed by atoms with Gasteiger partial charge in [-0.25, -0.2) is 4.79 Å². The summed E-state index contributed by atoms with van der Waals surface area (Å²) in [5.74, 6) is -3.29. The van der Waals surface area contributed by atoms with Crippen molar-refractivity contribution < 1.29 is 32.6 Å². The molecule has 1 atom stereocenters. The summed E-state index contributed by atoms with van der Waals surface area (Å²) in [6.07, 6.45) is -5.32. The molecule has 0 fully saturated rings. The molecule has 8 heteroatoms. The fraction of sp³-hybridized carbons (Fsp3) is 0.385. The van der Waals surface area contributed by atoms with Crippen LogP contribution >= 0.6 is 0 Å². The van der Waals surface area contributed by atoms with E-state index in [-0.39, 0.29) is 18.8 Å². The molecule has 0 aromatic heterocycles. The van der Waals surface area contributed by atoms with Gasteiger partial charge < -0.3 is 15.2 Å². The first-order valence-corrected chi connectivity index (χ1v) is 6.06. The van der Waals surface area contributed by atoms with Crippen molar-refractivity contribution in [3.05, 3.63) is 29.8 Å². The number of rotatable bonds is 5. The molecular formula is C13H14F3NO4. The van der Waals surface area contributed by atoms with E-state index in [2.05, 4.69) is 4.74 Å². The molecule has 0 bridgehead atoms. The van der Waals surface area contributed by atoms with E-state index in [4.69, 9.17) is 0 Å². The minimum Gasteiger partial charge on any atom is -0.508 e. The van der Waals surface area contributed by atoms with Gasteiger partial charge in [0.25, 0.3) is 0 Å². The van der Waals surface area contributed by atoms with Gasteiger partial charge in [0.05, 0.1) is 6.61 Å². The molecule has 5 nitrogen and oxygen atoms in total. The topological polar surface area (TPSA) is 75.6 Å². The largest absolute Gasteiger partial charge is 0.508 e. The van der Waals surface area contributed by atoms with E-state index in [0.29, 0.717) is 5.56 Å². The van der Waals surface area contributed by atoms with Crippen molar-refractivity contribution in [2.24, 2.45) is 0 Å². The monoisotopic (exact) mass is 305 g/mol. The summed E-state index contributed by atoms with van der Waals surface area (Å²) in [4.78, 5) is 22.6. The van der Waals surface area contributed by atoms with Crippen LogP contribution < -0.4 is 5.32 Å². The van der Waals surface area contributed by atoms with E-state index in [1.54, 1.807) is 5.32 Å². The number of phenols is 1. The predicted molar refractivity (Wildman–Crippen MR) is 66.4 cm³/mol. The maximum Gasteiger partial charge on any atom is 0.471 e. The number of aromatic hydroxyl groups is 1. The molecule has 116 valence electrons. The lowest BCUT2D eigenvalue weighted by atomic mass is 10.1. The van der Waals surface area contributed by atoms with E-state index in [0.717, 1.165) is 0 Å². The van der Waals surface area contributed by atoms with Crippen LogP contribution in [0.4, 0.5) is 13.2 Å². The second kappa shape index (κ2) is 6.96. The quantitative estimate of drug-likeness (QED) is 0.809. The first kappa shape index (κ1) is 16.8. The molecule has 0 saturated carbocycles. The molecule has 0 aliphatic heterocycles. The number of hydrogen-bond donors (Lipinski definition) is 2. The summed E-state index contributed by atoms with van der Waals surface area (Å²) in [5, 5.41) is 10.9. The van der Waals surface area contributed by atoms with Crippen molar-refractivity contribution in [2.45, 2.75) is 25.6 Å². The summed E-state index contributed by atoms with van der Waals surface area (Å²) in [7, 11) is 0. The average molecular weight is 305 g/mol. The van der Waals surface area contributed by atoms with Crippen LogP contribution in [-0.4, -0.2) is 35.8 Å². The number of nitrogens with one attached hydrogen (secondary N) is 1. The number of phenolic OH excluding ortho intramolecular Hbond substituents is 1. The van der Waals surface area contributed by atoms with Crippen LogP contribution in [0.25, 0.3) is 0 Å². The van der Waals surface area contributed by atoms with Gasteiger partial charge in [0.1, 0.15) is 11.8 Å². The molecule has 0 spiro atoms. The van der Waals surface area contributed by atoms with Gasteiger partial charge in [-0.1, -0.05) is 12.1 Å². The van der Waals surface area contributed by atoms with Gasteiger partial charge in [-0.15, -0.1) is 0 Å². The molecule has 0 aliphatic carbocycles. The molecule has 0 heterocycles. The van der Waals surface area contributed by atoms with Gasteiger partial charge in [-0.2, -0.15) is 13.2 Å². The highest BCUT2D eigenvalue weighted by atomic mass is 19.4. The summed E-state index contributed by atoms with van der Waals surface area (Å²) < 4.78 is 41.4. The van der Waals surface area contributed by atoms with Crippen LogP contribution in [0.3, 0.4) is 0 Å². The third kappa shape index (κ3) is 5.33. The lowest BCUT2D eigenvalue weighted by molar-refractivity contribution is -0.175. The van der Waals surface area contributed by atoms with Crippen LogP contribution in [0.5, 0.6) is 5.75 Å². The van der Waals surface area contributed by atoms with Gasteiger partial charge in [0.15, 0.2) is 0 Å². The Morgan fingerprint density at radius 1 is 1.38 bits per heavy atom. The van der Waals surface area contributed by atoms with Gasteiger partial charge in [0.2, 0.25) is 0 Å². The SMILES string of the molecule is CCOC(=O)[C@H](Cc1cccc(O)c1)NC(=O)C(F)(F)F. The Labute approximate surface area is 118 Å². The normalized spacial score (nSPS) is 12.6. The lowest BCUT2D eigenvalue weighted by Gasteiger charge is -2.18. The number of hydrogen-bond acceptors (Lipinski definition) is 4. The van der Waals surface area contributed by atoms with Crippen molar-refractivity contribution in [3.8, 4) is 5.75 Å². The Hall–Kier alpha value is -2.25. The highest BCUT2D eigenvalue weighted by Gasteiger charge is 2.41. The number of alkyl halides is 3. The highest BCUT2D eigenvalue weighted by molar-refractivity contribution is 5.87. The molecule has 1 aromatic rings. The maximum atomic E-state index is 12.3. The molecule has 1 amide bonds. The fourth-order valence-corrected chi connectivity index (χ4v) is 1.60. The number of esters is 1. The molecule has 1 aromatic carbocycles. The Morgan fingerprint density at radius 3 is 2.57 bits per heavy atom. The third-order valence-electron chi connectivity index (χ3n) is 2.48. The predicted octanol–water partition coefficient (Wildman–Crippen LogP) is 1.54. The Kier molecular flexibility index (Phi) is 5.57. The number of ether oxygens (including phenoxy) is 1. The van der Waals surface area contributed by atoms with Crippen molar-refractivity contribution in [2.75, 3.05) is 6.61 Å². The van der Waals surface area contributed by atoms with Gasteiger partial charge in [0, 0.05) is 6.42 Å². The first-order chi connectivity index (χ1) is 9.74. The third-order valence-corrected chi connectivity index (χ3v) is 2.48. The van der Waals surface area contributed by atoms with Gasteiger partial charge in [-0.05, 0) is 24.6 Å². The summed E-state index contributed by atoms with van der Waals surface area (Å²) in [6.45, 7) is 1.46. The van der Waals surface area contributed by atoms with E-state index in [9.17, 15) is 27.9 Å². The van der Waals surface area contributed by atoms with Gasteiger partial charge in [-0.3, -0.25) is 4.79 Å². The molecule has 0 radical (unpaired) electrons. The molecule has 2 N–H and O–H groups in total. The van der Waals surface area contributed by atoms with Crippen LogP contribution in [0.15, 0.2) is 24.3 Å². The Morgan fingerprint density at radius 2 is 2.05 bits per heavy atom. The zero-order valence-electron chi connectivity index (χ0n) is 11.1. The molecule has 0 aliphatic rings. The minimum atomic E-state index is -5.09. The summed E-state index contributed by atoms with van der Waals surface area (Å²) in [6, 6.07) is 4.15. The second-order valence-corrected chi connectivity index (χ2v) is 4.15. The van der Waals surface area contributed by atoms with Crippen molar-refractivity contribution in [3.63, 3.8) is 0 Å². The number of halogens is 3. The highest BCUT2D eigenvalue weighted by Crippen LogP contribution is 2.17. The zero-order chi connectivity index (χ0) is 16.0. The van der Waals surface area contributed by atoms with Crippen LogP contribution in [0.2, 0.25) is 0 Å². The van der Waals surface area contributed by atoms with Crippen LogP contribution in [0, 0.1) is 0 Å². The second-order valence-electron chi connectivity index (χ2n) is 4.15. The number of carbonyl (C=O) groups excluding carboxylic acids is 2. The molecule has 0 saturated heterocycles. The number of carbonyl (C=O) groups is 2. The van der Waals surface area contributed by atoms with Gasteiger partial charge >= 0.3 is 18.1 Å². The summed E-state index contributed by atoms with van der Waals surface area (Å²) in [5.41, 5.74) is 0.385. The zero-order valence-corrected chi connectivity index (χ0v) is 11.1. The van der Waals surface area contributed by atoms with Crippen molar-refractivity contribution in [1.29, 1.82) is 0 Å². The molecular weight excluding hydrogens is 291 g/mol. The van der Waals surface area contributed by atoms with E-state index < -0.39 is 24.1 Å². The standard InChI is InChI=1S/C13H14F3NO4/c1-2-21-11(19)10(17-12(20)13(14,15)16)7-8-4-3-5-9(18)6-8/h3-6,10,18H,2,7H2,1H3,(H,17,20)/t10-/m0/s1. The average Bonchev–Trinajstić information content (AvgIpc) is 2.37. The minimum absolute atomic E-state index is 0.0305. The van der Waals surface area contributed by atoms with Crippen molar-refractivity contribution in [1.82, 2.24) is 5.32 Å². The lowest BCUT2D eigenvalue weighted by Crippen LogP contribution is -2.48. The maximum absolute atomic E-state index is 12.3. The van der Waals surface area contributed by atoms with E-state index >= 15 is 0 Å². The smallest absolute Gasteiger partial charge is 0.471 e. The number of benzene rings is 1. The Balaban J connectivity index is 2.87. The summed E-state index contributed by atoms with van der Waals surface area (Å²) >= 11 is 0.